The topological polar surface area (TPSA) is 66.9 Å². The van der Waals surface area contributed by atoms with Gasteiger partial charge >= 0.3 is 6.18 Å². The lowest BCUT2D eigenvalue weighted by Crippen LogP contribution is -2.19. The smallest absolute Gasteiger partial charge is 0.347 e. The van der Waals surface area contributed by atoms with Crippen LogP contribution >= 0.6 is 0 Å². The predicted octanol–water partition coefficient (Wildman–Crippen LogP) is 5.12. The molecule has 0 radical (unpaired) electrons. The van der Waals surface area contributed by atoms with E-state index in [0.29, 0.717) is 23.0 Å². The Labute approximate surface area is 190 Å². The van der Waals surface area contributed by atoms with E-state index >= 15 is 4.39 Å². The summed E-state index contributed by atoms with van der Waals surface area (Å²) in [4.78, 5) is 13.3. The van der Waals surface area contributed by atoms with Crippen LogP contribution in [0.2, 0.25) is 0 Å². The number of hydrogen-bond acceptors (Lipinski definition) is 2. The first-order valence-electron chi connectivity index (χ1n) is 10.6. The van der Waals surface area contributed by atoms with Gasteiger partial charge in [-0.05, 0) is 42.0 Å². The predicted molar refractivity (Wildman–Crippen MR) is 120 cm³/mol. The van der Waals surface area contributed by atoms with Crippen LogP contribution in [-0.2, 0) is 30.3 Å². The Kier molecular flexibility index (Phi) is 6.03. The van der Waals surface area contributed by atoms with Crippen molar-refractivity contribution < 1.29 is 21.8 Å². The van der Waals surface area contributed by atoms with Gasteiger partial charge in [-0.3, -0.25) is 4.79 Å². The lowest BCUT2D eigenvalue weighted by molar-refractivity contribution is -0.140. The highest BCUT2D eigenvalue weighted by Gasteiger charge is 2.36. The molecule has 1 fully saturated rings. The maximum atomic E-state index is 15.2. The summed E-state index contributed by atoms with van der Waals surface area (Å²) < 4.78 is 73.0. The van der Waals surface area contributed by atoms with Crippen LogP contribution in [0.3, 0.4) is 0 Å². The number of nitrogens with one attached hydrogen (secondary N) is 2. The molecule has 1 aromatic carbocycles. The van der Waals surface area contributed by atoms with Crippen LogP contribution in [0.1, 0.15) is 44.9 Å². The highest BCUT2D eigenvalue weighted by molar-refractivity contribution is 7.83. The Morgan fingerprint density at radius 2 is 1.85 bits per heavy atom. The first-order valence-corrected chi connectivity index (χ1v) is 11.8. The van der Waals surface area contributed by atoms with Gasteiger partial charge < -0.3 is 9.55 Å². The van der Waals surface area contributed by atoms with Crippen LogP contribution < -0.4 is 10.3 Å². The fraction of sp³-hybridized carbons (Fsp3) is 0.435. The second kappa shape index (κ2) is 8.39. The van der Waals surface area contributed by atoms with Gasteiger partial charge in [0.1, 0.15) is 11.5 Å². The van der Waals surface area contributed by atoms with Crippen molar-refractivity contribution in [1.29, 1.82) is 0 Å². The van der Waals surface area contributed by atoms with Crippen LogP contribution in [0, 0.1) is 11.2 Å². The highest BCUT2D eigenvalue weighted by atomic mass is 32.2. The maximum absolute atomic E-state index is 15.2. The van der Waals surface area contributed by atoms with Crippen molar-refractivity contribution in [3.05, 3.63) is 57.9 Å². The molecular formula is C23H25F4N3O2S. The molecule has 10 heteroatoms. The van der Waals surface area contributed by atoms with Crippen LogP contribution in [0.4, 0.5) is 17.6 Å². The monoisotopic (exact) mass is 483 g/mol. The van der Waals surface area contributed by atoms with E-state index in [2.05, 4.69) is 4.72 Å². The van der Waals surface area contributed by atoms with E-state index in [1.807, 2.05) is 31.5 Å². The minimum atomic E-state index is -4.85. The Morgan fingerprint density at radius 1 is 1.15 bits per heavy atom. The Morgan fingerprint density at radius 3 is 2.45 bits per heavy atom. The molecule has 178 valence electrons. The Balaban J connectivity index is 1.85. The molecule has 33 heavy (non-hydrogen) atoms. The van der Waals surface area contributed by atoms with E-state index < -0.39 is 39.8 Å². The largest absolute Gasteiger partial charge is 0.431 e. The van der Waals surface area contributed by atoms with Crippen molar-refractivity contribution in [2.75, 3.05) is 0 Å². The molecule has 1 aliphatic rings. The number of pyridine rings is 1. The summed E-state index contributed by atoms with van der Waals surface area (Å²) in [6.07, 6.45) is -1.21. The second-order valence-electron chi connectivity index (χ2n) is 9.62. The molecule has 0 saturated heterocycles. The third kappa shape index (κ3) is 5.22. The molecule has 0 spiro atoms. The molecule has 1 atom stereocenters. The van der Waals surface area contributed by atoms with Crippen LogP contribution in [0.5, 0.6) is 0 Å². The van der Waals surface area contributed by atoms with Crippen molar-refractivity contribution in [3.63, 3.8) is 0 Å². The number of aromatic amines is 1. The van der Waals surface area contributed by atoms with Gasteiger partial charge in [-0.15, -0.1) is 0 Å². The van der Waals surface area contributed by atoms with Gasteiger partial charge in [0.25, 0.3) is 0 Å². The fourth-order valence-electron chi connectivity index (χ4n) is 3.84. The summed E-state index contributed by atoms with van der Waals surface area (Å²) in [5.41, 5.74) is -1.76. The SMILES string of the molecule is CC(C)(C)Cn1cc(CNS(=O)C2CC2)c2cc(F)c(-c3ccc(=O)[nH]c3C(F)(F)F)cc21. The normalized spacial score (nSPS) is 15.8. The van der Waals surface area contributed by atoms with Gasteiger partial charge in [0.2, 0.25) is 5.56 Å². The molecule has 4 rings (SSSR count). The third-order valence-corrected chi connectivity index (χ3v) is 6.93. The minimum Gasteiger partial charge on any atom is -0.347 e. The van der Waals surface area contributed by atoms with Gasteiger partial charge in [-0.25, -0.2) is 13.3 Å². The molecule has 2 N–H and O–H groups in total. The molecule has 0 bridgehead atoms. The molecule has 1 unspecified atom stereocenters. The lowest BCUT2D eigenvalue weighted by atomic mass is 9.96. The number of alkyl halides is 3. The number of rotatable bonds is 6. The number of halogens is 4. The van der Waals surface area contributed by atoms with Crippen molar-refractivity contribution in [2.45, 2.75) is 58.1 Å². The average molecular weight is 484 g/mol. The fourth-order valence-corrected chi connectivity index (χ4v) is 4.94. The molecular weight excluding hydrogens is 458 g/mol. The Bertz CT molecular complexity index is 1280. The van der Waals surface area contributed by atoms with Gasteiger partial charge in [-0.2, -0.15) is 13.2 Å². The molecule has 2 heterocycles. The number of hydrogen-bond donors (Lipinski definition) is 2. The lowest BCUT2D eigenvalue weighted by Gasteiger charge is -2.20. The van der Waals surface area contributed by atoms with Crippen molar-refractivity contribution in [3.8, 4) is 11.1 Å². The van der Waals surface area contributed by atoms with E-state index in [9.17, 15) is 22.2 Å². The molecule has 1 aliphatic carbocycles. The van der Waals surface area contributed by atoms with Crippen LogP contribution in [-0.4, -0.2) is 19.0 Å². The zero-order chi connectivity index (χ0) is 24.1. The van der Waals surface area contributed by atoms with E-state index in [0.717, 1.165) is 25.0 Å². The summed E-state index contributed by atoms with van der Waals surface area (Å²) in [5, 5.41) is 0.677. The number of fused-ring (bicyclic) bond motifs is 1. The van der Waals surface area contributed by atoms with Gasteiger partial charge in [0.05, 0.1) is 11.0 Å². The van der Waals surface area contributed by atoms with E-state index in [1.165, 1.54) is 12.1 Å². The van der Waals surface area contributed by atoms with E-state index in [-0.39, 0.29) is 22.8 Å². The quantitative estimate of drug-likeness (QED) is 0.478. The second-order valence-corrected chi connectivity index (χ2v) is 11.2. The molecule has 5 nitrogen and oxygen atoms in total. The van der Waals surface area contributed by atoms with Gasteiger partial charge in [-0.1, -0.05) is 20.8 Å². The average Bonchev–Trinajstić information content (AvgIpc) is 3.49. The number of nitrogens with zero attached hydrogens (tertiary/aromatic N) is 1. The van der Waals surface area contributed by atoms with Gasteiger partial charge in [0.15, 0.2) is 0 Å². The first-order chi connectivity index (χ1) is 15.3. The third-order valence-electron chi connectivity index (χ3n) is 5.42. The van der Waals surface area contributed by atoms with Crippen LogP contribution in [0.15, 0.2) is 35.3 Å². The summed E-state index contributed by atoms with van der Waals surface area (Å²) in [5.74, 6) is -0.835. The number of benzene rings is 1. The Hall–Kier alpha value is -2.46. The molecule has 2 aromatic heterocycles. The summed E-state index contributed by atoms with van der Waals surface area (Å²) in [6.45, 7) is 6.85. The summed E-state index contributed by atoms with van der Waals surface area (Å²) in [6, 6.07) is 4.54. The minimum absolute atomic E-state index is 0.136. The first kappa shape index (κ1) is 23.7. The van der Waals surface area contributed by atoms with Crippen molar-refractivity contribution in [1.82, 2.24) is 14.3 Å². The molecule has 0 aliphatic heterocycles. The zero-order valence-electron chi connectivity index (χ0n) is 18.5. The summed E-state index contributed by atoms with van der Waals surface area (Å²) in [7, 11) is -1.18. The van der Waals surface area contributed by atoms with Gasteiger partial charge in [0, 0.05) is 52.6 Å². The van der Waals surface area contributed by atoms with Crippen molar-refractivity contribution in [2.24, 2.45) is 5.41 Å². The van der Waals surface area contributed by atoms with Crippen molar-refractivity contribution >= 4 is 21.9 Å². The zero-order valence-corrected chi connectivity index (χ0v) is 19.3. The molecule has 1 saturated carbocycles. The van der Waals surface area contributed by atoms with E-state index in [4.69, 9.17) is 0 Å². The number of aromatic nitrogens is 2. The summed E-state index contributed by atoms with van der Waals surface area (Å²) >= 11 is 0. The molecule has 0 amide bonds. The maximum Gasteiger partial charge on any atom is 0.431 e. The van der Waals surface area contributed by atoms with E-state index in [1.54, 1.807) is 4.98 Å². The molecule has 3 aromatic rings. The number of H-pyrrole nitrogens is 1. The standard InChI is InChI=1S/C23H25F4N3O2S/c1-22(2,3)12-30-11-13(10-28-33(32)14-4-5-14)16-8-18(24)17(9-19(16)30)15-6-7-20(31)29-21(15)23(25,26)27/h6-9,11,14,28H,4-5,10,12H2,1-3H3,(H,29,31). The highest BCUT2D eigenvalue weighted by Crippen LogP contribution is 2.38. The van der Waals surface area contributed by atoms with Crippen LogP contribution in [0.25, 0.3) is 22.0 Å².